The van der Waals surface area contributed by atoms with Crippen LogP contribution in [0.2, 0.25) is 0 Å². The first-order chi connectivity index (χ1) is 10.1. The van der Waals surface area contributed by atoms with Crippen LogP contribution in [-0.4, -0.2) is 32.8 Å². The van der Waals surface area contributed by atoms with Gasteiger partial charge in [-0.3, -0.25) is 0 Å². The molecule has 0 radical (unpaired) electrons. The Balaban J connectivity index is 2.37. The molecule has 2 heterocycles. The second-order valence-corrected chi connectivity index (χ2v) is 4.34. The van der Waals surface area contributed by atoms with Gasteiger partial charge in [0, 0.05) is 11.1 Å². The monoisotopic (exact) mass is 284 g/mol. The van der Waals surface area contributed by atoms with Crippen LogP contribution in [0.4, 0.5) is 5.95 Å². The molecule has 0 saturated heterocycles. The van der Waals surface area contributed by atoms with E-state index < -0.39 is 5.97 Å². The van der Waals surface area contributed by atoms with Gasteiger partial charge in [-0.15, -0.1) is 5.10 Å². The van der Waals surface area contributed by atoms with Crippen molar-refractivity contribution in [3.05, 3.63) is 42.1 Å². The highest BCUT2D eigenvalue weighted by Crippen LogP contribution is 2.32. The van der Waals surface area contributed by atoms with Gasteiger partial charge in [0.25, 0.3) is 0 Å². The van der Waals surface area contributed by atoms with Crippen LogP contribution in [0.15, 0.2) is 36.4 Å². The standard InChI is InChI=1S/C14H12N4O3/c1-21-10-5-3-2-4-8(10)9-6-7-11-16-14(15)17-18(11)12(9)13(19)20/h2-7H,1H3,(H2,15,17)(H,19,20). The van der Waals surface area contributed by atoms with Gasteiger partial charge in [-0.1, -0.05) is 18.2 Å². The van der Waals surface area contributed by atoms with Gasteiger partial charge in [0.1, 0.15) is 5.75 Å². The van der Waals surface area contributed by atoms with E-state index in [1.165, 1.54) is 11.6 Å². The SMILES string of the molecule is COc1ccccc1-c1ccc2nc(N)nn2c1C(=O)O. The third-order valence-electron chi connectivity index (χ3n) is 3.11. The minimum atomic E-state index is -1.12. The molecule has 0 spiro atoms. The van der Waals surface area contributed by atoms with Gasteiger partial charge in [0.2, 0.25) is 5.95 Å². The molecule has 2 aromatic heterocycles. The van der Waals surface area contributed by atoms with Crippen molar-refractivity contribution < 1.29 is 14.6 Å². The number of nitrogens with zero attached hydrogens (tertiary/aromatic N) is 3. The van der Waals surface area contributed by atoms with Gasteiger partial charge in [0.15, 0.2) is 11.3 Å². The molecule has 3 aromatic rings. The lowest BCUT2D eigenvalue weighted by Gasteiger charge is -2.11. The van der Waals surface area contributed by atoms with E-state index >= 15 is 0 Å². The number of rotatable bonds is 3. The summed E-state index contributed by atoms with van der Waals surface area (Å²) in [5.41, 5.74) is 7.05. The summed E-state index contributed by atoms with van der Waals surface area (Å²) in [6.45, 7) is 0. The summed E-state index contributed by atoms with van der Waals surface area (Å²) in [6, 6.07) is 10.5. The van der Waals surface area contributed by atoms with Gasteiger partial charge in [-0.2, -0.15) is 4.98 Å². The Labute approximate surface area is 119 Å². The molecule has 7 nitrogen and oxygen atoms in total. The van der Waals surface area contributed by atoms with Crippen LogP contribution >= 0.6 is 0 Å². The zero-order valence-corrected chi connectivity index (χ0v) is 11.1. The lowest BCUT2D eigenvalue weighted by molar-refractivity contribution is 0.0688. The largest absolute Gasteiger partial charge is 0.496 e. The number of methoxy groups -OCH3 is 1. The third kappa shape index (κ3) is 2.04. The second-order valence-electron chi connectivity index (χ2n) is 4.34. The second kappa shape index (κ2) is 4.78. The third-order valence-corrected chi connectivity index (χ3v) is 3.11. The minimum Gasteiger partial charge on any atom is -0.496 e. The van der Waals surface area contributed by atoms with Crippen LogP contribution in [0.5, 0.6) is 5.75 Å². The summed E-state index contributed by atoms with van der Waals surface area (Å²) in [5, 5.41) is 13.5. The van der Waals surface area contributed by atoms with Crippen LogP contribution < -0.4 is 10.5 Å². The molecule has 0 aliphatic heterocycles. The number of benzene rings is 1. The van der Waals surface area contributed by atoms with E-state index in [9.17, 15) is 9.90 Å². The molecule has 3 rings (SSSR count). The topological polar surface area (TPSA) is 103 Å². The molecule has 0 aliphatic carbocycles. The molecule has 0 saturated carbocycles. The van der Waals surface area contributed by atoms with E-state index in [1.807, 2.05) is 12.1 Å². The number of aromatic carboxylic acids is 1. The van der Waals surface area contributed by atoms with E-state index in [4.69, 9.17) is 10.5 Å². The number of aromatic nitrogens is 3. The Morgan fingerprint density at radius 1 is 1.24 bits per heavy atom. The van der Waals surface area contributed by atoms with Crippen molar-refractivity contribution in [1.29, 1.82) is 0 Å². The number of ether oxygens (including phenoxy) is 1. The fourth-order valence-corrected chi connectivity index (χ4v) is 2.25. The Hall–Kier alpha value is -3.09. The lowest BCUT2D eigenvalue weighted by Crippen LogP contribution is -2.09. The number of hydrogen-bond acceptors (Lipinski definition) is 5. The van der Waals surface area contributed by atoms with Crippen LogP contribution in [0.3, 0.4) is 0 Å². The average molecular weight is 284 g/mol. The normalized spacial score (nSPS) is 10.7. The van der Waals surface area contributed by atoms with Crippen LogP contribution in [0, 0.1) is 0 Å². The summed E-state index contributed by atoms with van der Waals surface area (Å²) in [4.78, 5) is 15.6. The van der Waals surface area contributed by atoms with Crippen molar-refractivity contribution in [3.63, 3.8) is 0 Å². The molecule has 0 atom stereocenters. The molecule has 0 aliphatic rings. The number of para-hydroxylation sites is 1. The zero-order chi connectivity index (χ0) is 15.0. The maximum Gasteiger partial charge on any atom is 0.355 e. The molecule has 106 valence electrons. The number of carbonyl (C=O) groups is 1. The highest BCUT2D eigenvalue weighted by atomic mass is 16.5. The molecular formula is C14H12N4O3. The van der Waals surface area contributed by atoms with Crippen molar-refractivity contribution in [3.8, 4) is 16.9 Å². The minimum absolute atomic E-state index is 0.0128. The zero-order valence-electron chi connectivity index (χ0n) is 11.1. The lowest BCUT2D eigenvalue weighted by atomic mass is 10.0. The number of nitrogen functional groups attached to an aromatic ring is 1. The molecule has 0 bridgehead atoms. The van der Waals surface area contributed by atoms with E-state index in [2.05, 4.69) is 10.1 Å². The predicted octanol–water partition coefficient (Wildman–Crippen LogP) is 1.69. The molecular weight excluding hydrogens is 272 g/mol. The Morgan fingerprint density at radius 3 is 2.71 bits per heavy atom. The highest BCUT2D eigenvalue weighted by molar-refractivity contribution is 5.96. The highest BCUT2D eigenvalue weighted by Gasteiger charge is 2.20. The van der Waals surface area contributed by atoms with E-state index in [1.54, 1.807) is 24.3 Å². The Morgan fingerprint density at radius 2 is 2.00 bits per heavy atom. The van der Waals surface area contributed by atoms with Crippen molar-refractivity contribution in [2.75, 3.05) is 12.8 Å². The van der Waals surface area contributed by atoms with E-state index in [0.29, 0.717) is 22.5 Å². The number of carboxylic acid groups (broad SMARTS) is 1. The number of fused-ring (bicyclic) bond motifs is 1. The Kier molecular flexibility index (Phi) is 2.94. The van der Waals surface area contributed by atoms with Gasteiger partial charge in [0.05, 0.1) is 7.11 Å². The first-order valence-electron chi connectivity index (χ1n) is 6.13. The average Bonchev–Trinajstić information content (AvgIpc) is 2.85. The molecule has 21 heavy (non-hydrogen) atoms. The number of pyridine rings is 1. The van der Waals surface area contributed by atoms with Crippen LogP contribution in [-0.2, 0) is 0 Å². The van der Waals surface area contributed by atoms with Gasteiger partial charge < -0.3 is 15.6 Å². The quantitative estimate of drug-likeness (QED) is 0.758. The maximum absolute atomic E-state index is 11.6. The molecule has 0 unspecified atom stereocenters. The Bertz CT molecular complexity index is 841. The van der Waals surface area contributed by atoms with Gasteiger partial charge in [-0.05, 0) is 18.2 Å². The molecule has 1 aromatic carbocycles. The van der Waals surface area contributed by atoms with Crippen molar-refractivity contribution in [2.24, 2.45) is 0 Å². The molecule has 0 amide bonds. The number of anilines is 1. The fourth-order valence-electron chi connectivity index (χ4n) is 2.25. The van der Waals surface area contributed by atoms with E-state index in [-0.39, 0.29) is 11.6 Å². The molecule has 3 N–H and O–H groups in total. The van der Waals surface area contributed by atoms with Crippen molar-refractivity contribution in [1.82, 2.24) is 14.6 Å². The van der Waals surface area contributed by atoms with Gasteiger partial charge in [-0.25, -0.2) is 9.31 Å². The smallest absolute Gasteiger partial charge is 0.355 e. The molecule has 0 fully saturated rings. The van der Waals surface area contributed by atoms with Gasteiger partial charge >= 0.3 is 5.97 Å². The maximum atomic E-state index is 11.6. The first kappa shape index (κ1) is 12.9. The first-order valence-corrected chi connectivity index (χ1v) is 6.13. The number of carboxylic acids is 1. The molecule has 7 heteroatoms. The van der Waals surface area contributed by atoms with Crippen molar-refractivity contribution in [2.45, 2.75) is 0 Å². The van der Waals surface area contributed by atoms with E-state index in [0.717, 1.165) is 0 Å². The predicted molar refractivity (Wildman–Crippen MR) is 76.3 cm³/mol. The summed E-state index contributed by atoms with van der Waals surface area (Å²) in [6.07, 6.45) is 0. The summed E-state index contributed by atoms with van der Waals surface area (Å²) in [5.74, 6) is -0.520. The van der Waals surface area contributed by atoms with Crippen LogP contribution in [0.25, 0.3) is 16.8 Å². The number of nitrogens with two attached hydrogens (primary N) is 1. The summed E-state index contributed by atoms with van der Waals surface area (Å²) in [7, 11) is 1.53. The van der Waals surface area contributed by atoms with Crippen LogP contribution in [0.1, 0.15) is 10.5 Å². The summed E-state index contributed by atoms with van der Waals surface area (Å²) >= 11 is 0. The summed E-state index contributed by atoms with van der Waals surface area (Å²) < 4.78 is 6.51. The van der Waals surface area contributed by atoms with Crippen molar-refractivity contribution >= 4 is 17.6 Å². The fraction of sp³-hybridized carbons (Fsp3) is 0.0714. The number of hydrogen-bond donors (Lipinski definition) is 2.